The monoisotopic (exact) mass is 326 g/mol. The van der Waals surface area contributed by atoms with Gasteiger partial charge in [-0.25, -0.2) is 8.42 Å². The maximum atomic E-state index is 12.1. The number of hydrogen-bond acceptors (Lipinski definition) is 5. The van der Waals surface area contributed by atoms with Crippen LogP contribution < -0.4 is 11.1 Å². The van der Waals surface area contributed by atoms with Crippen molar-refractivity contribution in [3.05, 3.63) is 23.8 Å². The first-order chi connectivity index (χ1) is 9.41. The fourth-order valence-electron chi connectivity index (χ4n) is 1.37. The van der Waals surface area contributed by atoms with Gasteiger partial charge in [-0.2, -0.15) is 13.2 Å². The molecular weight excluding hydrogens is 313 g/mol. The van der Waals surface area contributed by atoms with Crippen LogP contribution in [0.5, 0.6) is 0 Å². The largest absolute Gasteiger partial charge is 0.416 e. The summed E-state index contributed by atoms with van der Waals surface area (Å²) in [6.45, 7) is -1.05. The number of aliphatic hydroxyl groups is 1. The van der Waals surface area contributed by atoms with E-state index in [1.165, 1.54) is 0 Å². The Bertz CT molecular complexity index is 643. The van der Waals surface area contributed by atoms with Gasteiger partial charge >= 0.3 is 6.18 Å². The van der Waals surface area contributed by atoms with Crippen LogP contribution in [0.25, 0.3) is 0 Å². The minimum absolute atomic E-state index is 0.0283. The Morgan fingerprint density at radius 3 is 2.43 bits per heavy atom. The van der Waals surface area contributed by atoms with Crippen molar-refractivity contribution in [2.24, 2.45) is 0 Å². The van der Waals surface area contributed by atoms with Crippen molar-refractivity contribution in [1.29, 1.82) is 0 Å². The summed E-state index contributed by atoms with van der Waals surface area (Å²) in [4.78, 5) is 11.4. The van der Waals surface area contributed by atoms with Crippen molar-refractivity contribution in [1.82, 2.24) is 5.32 Å². The molecule has 0 aliphatic rings. The van der Waals surface area contributed by atoms with E-state index in [1.54, 1.807) is 0 Å². The van der Waals surface area contributed by atoms with Gasteiger partial charge in [-0.1, -0.05) is 0 Å². The molecule has 1 aromatic rings. The van der Waals surface area contributed by atoms with E-state index in [1.807, 2.05) is 5.32 Å². The Morgan fingerprint density at radius 2 is 1.95 bits per heavy atom. The lowest BCUT2D eigenvalue weighted by molar-refractivity contribution is -0.201. The average Bonchev–Trinajstić information content (AvgIpc) is 2.32. The molecule has 6 nitrogen and oxygen atoms in total. The molecule has 4 N–H and O–H groups in total. The Balaban J connectivity index is 2.92. The smallest absolute Gasteiger partial charge is 0.399 e. The quantitative estimate of drug-likeness (QED) is 0.691. The highest BCUT2D eigenvalue weighted by atomic mass is 32.2. The van der Waals surface area contributed by atoms with E-state index in [2.05, 4.69) is 0 Å². The molecule has 10 heteroatoms. The number of nitrogens with one attached hydrogen (secondary N) is 1. The van der Waals surface area contributed by atoms with E-state index in [0.717, 1.165) is 24.5 Å². The Morgan fingerprint density at radius 1 is 1.38 bits per heavy atom. The van der Waals surface area contributed by atoms with Crippen LogP contribution in [0.4, 0.5) is 18.9 Å². The molecular formula is C11H13F3N2O4S. The lowest BCUT2D eigenvalue weighted by atomic mass is 10.2. The number of aliphatic hydroxyl groups excluding tert-OH is 1. The van der Waals surface area contributed by atoms with Crippen molar-refractivity contribution in [3.8, 4) is 0 Å². The van der Waals surface area contributed by atoms with Crippen LogP contribution in [0.15, 0.2) is 23.1 Å². The lowest BCUT2D eigenvalue weighted by Gasteiger charge is -2.15. The van der Waals surface area contributed by atoms with Gasteiger partial charge in [-0.05, 0) is 18.2 Å². The Labute approximate surface area is 118 Å². The minimum atomic E-state index is -4.86. The highest BCUT2D eigenvalue weighted by Crippen LogP contribution is 2.20. The van der Waals surface area contributed by atoms with Crippen LogP contribution in [0.2, 0.25) is 0 Å². The standard InChI is InChI=1S/C11H13F3N2O4S/c1-21(19,20)8-3-6(2-7(15)4-8)10(18)16-5-9(17)11(12,13)14/h2-4,9,17H,5,15H2,1H3,(H,16,18). The summed E-state index contributed by atoms with van der Waals surface area (Å²) in [6.07, 6.45) is -6.67. The maximum absolute atomic E-state index is 12.1. The van der Waals surface area contributed by atoms with Gasteiger partial charge in [0, 0.05) is 17.5 Å². The highest BCUT2D eigenvalue weighted by molar-refractivity contribution is 7.90. The Kier molecular flexibility index (Phi) is 4.84. The molecule has 1 atom stereocenters. The second-order valence-electron chi connectivity index (χ2n) is 4.33. The van der Waals surface area contributed by atoms with E-state index in [-0.39, 0.29) is 16.1 Å². The maximum Gasteiger partial charge on any atom is 0.416 e. The van der Waals surface area contributed by atoms with Gasteiger partial charge in [0.2, 0.25) is 0 Å². The first-order valence-electron chi connectivity index (χ1n) is 5.55. The fourth-order valence-corrected chi connectivity index (χ4v) is 2.07. The molecule has 0 aliphatic carbocycles. The molecule has 0 saturated carbocycles. The van der Waals surface area contributed by atoms with E-state index in [9.17, 15) is 26.4 Å². The number of carbonyl (C=O) groups excluding carboxylic acids is 1. The normalized spacial score (nSPS) is 13.8. The molecule has 0 radical (unpaired) electrons. The predicted molar refractivity (Wildman–Crippen MR) is 68.4 cm³/mol. The van der Waals surface area contributed by atoms with Crippen molar-refractivity contribution >= 4 is 21.4 Å². The molecule has 1 unspecified atom stereocenters. The number of sulfone groups is 1. The zero-order valence-corrected chi connectivity index (χ0v) is 11.6. The second-order valence-corrected chi connectivity index (χ2v) is 6.35. The second kappa shape index (κ2) is 5.90. The topological polar surface area (TPSA) is 109 Å². The molecule has 0 aliphatic heterocycles. The Hall–Kier alpha value is -1.81. The van der Waals surface area contributed by atoms with Crippen LogP contribution in [0.3, 0.4) is 0 Å². The number of benzene rings is 1. The van der Waals surface area contributed by atoms with Crippen molar-refractivity contribution in [3.63, 3.8) is 0 Å². The number of alkyl halides is 3. The van der Waals surface area contributed by atoms with E-state index in [0.29, 0.717) is 0 Å². The van der Waals surface area contributed by atoms with Gasteiger partial charge in [0.05, 0.1) is 11.4 Å². The number of carbonyl (C=O) groups is 1. The van der Waals surface area contributed by atoms with Gasteiger partial charge in [0.1, 0.15) is 0 Å². The number of amides is 1. The van der Waals surface area contributed by atoms with E-state index >= 15 is 0 Å². The van der Waals surface area contributed by atoms with Crippen LogP contribution >= 0.6 is 0 Å². The molecule has 1 aromatic carbocycles. The summed E-state index contributed by atoms with van der Waals surface area (Å²) in [5.41, 5.74) is 5.20. The molecule has 0 heterocycles. The van der Waals surface area contributed by atoms with E-state index < -0.39 is 34.6 Å². The number of nitrogen functional groups attached to an aromatic ring is 1. The van der Waals surface area contributed by atoms with Gasteiger partial charge < -0.3 is 16.2 Å². The highest BCUT2D eigenvalue weighted by Gasteiger charge is 2.38. The average molecular weight is 326 g/mol. The van der Waals surface area contributed by atoms with Crippen molar-refractivity contribution in [2.75, 3.05) is 18.5 Å². The molecule has 118 valence electrons. The summed E-state index contributed by atoms with van der Waals surface area (Å²) >= 11 is 0. The molecule has 1 rings (SSSR count). The summed E-state index contributed by atoms with van der Waals surface area (Å²) in [7, 11) is -3.63. The van der Waals surface area contributed by atoms with Gasteiger partial charge in [0.15, 0.2) is 15.9 Å². The zero-order chi connectivity index (χ0) is 16.4. The fraction of sp³-hybridized carbons (Fsp3) is 0.364. The molecule has 21 heavy (non-hydrogen) atoms. The minimum Gasteiger partial charge on any atom is -0.399 e. The third-order valence-corrected chi connectivity index (χ3v) is 3.55. The van der Waals surface area contributed by atoms with Gasteiger partial charge in [0.25, 0.3) is 5.91 Å². The third-order valence-electron chi connectivity index (χ3n) is 2.45. The summed E-state index contributed by atoms with van der Waals surface area (Å²) < 4.78 is 59.0. The van der Waals surface area contributed by atoms with Gasteiger partial charge in [-0.15, -0.1) is 0 Å². The van der Waals surface area contributed by atoms with Crippen LogP contribution in [-0.4, -0.2) is 44.5 Å². The van der Waals surface area contributed by atoms with Crippen LogP contribution in [0, 0.1) is 0 Å². The molecule has 1 amide bonds. The predicted octanol–water partition coefficient (Wildman–Crippen LogP) is 0.325. The number of rotatable bonds is 4. The first kappa shape index (κ1) is 17.2. The number of anilines is 1. The summed E-state index contributed by atoms with van der Waals surface area (Å²) in [5, 5.41) is 10.6. The summed E-state index contributed by atoms with van der Waals surface area (Å²) in [5.74, 6) is -0.976. The molecule has 0 bridgehead atoms. The van der Waals surface area contributed by atoms with E-state index in [4.69, 9.17) is 10.8 Å². The molecule has 0 fully saturated rings. The first-order valence-corrected chi connectivity index (χ1v) is 7.44. The summed E-state index contributed by atoms with van der Waals surface area (Å²) in [6, 6.07) is 3.22. The molecule has 0 saturated heterocycles. The SMILES string of the molecule is CS(=O)(=O)c1cc(N)cc(C(=O)NCC(O)C(F)(F)F)c1. The van der Waals surface area contributed by atoms with Crippen LogP contribution in [-0.2, 0) is 9.84 Å². The molecule has 0 aromatic heterocycles. The molecule has 0 spiro atoms. The third kappa shape index (κ3) is 4.90. The zero-order valence-electron chi connectivity index (χ0n) is 10.8. The lowest BCUT2D eigenvalue weighted by Crippen LogP contribution is -2.40. The van der Waals surface area contributed by atoms with Crippen molar-refractivity contribution in [2.45, 2.75) is 17.2 Å². The number of nitrogens with two attached hydrogens (primary N) is 1. The van der Waals surface area contributed by atoms with Gasteiger partial charge in [-0.3, -0.25) is 4.79 Å². The number of hydrogen-bond donors (Lipinski definition) is 3. The van der Waals surface area contributed by atoms with Crippen molar-refractivity contribution < 1.29 is 31.5 Å². The number of halogens is 3. The van der Waals surface area contributed by atoms with Crippen LogP contribution in [0.1, 0.15) is 10.4 Å².